The topological polar surface area (TPSA) is 43.8 Å². The van der Waals surface area contributed by atoms with E-state index in [9.17, 15) is 0 Å². The van der Waals surface area contributed by atoms with E-state index in [4.69, 9.17) is 17.3 Å². The molecule has 1 aromatic carbocycles. The standard InChI is InChI=1S/C15H20ClN3/c1-5-12-18-13(10-8-6-7-9-11(10)16)14(17)19(12)15(2,3)4/h6-9H,5,17H2,1-4H3. The summed E-state index contributed by atoms with van der Waals surface area (Å²) in [5.74, 6) is 1.66. The number of nitrogens with two attached hydrogens (primary N) is 1. The van der Waals surface area contributed by atoms with Crippen molar-refractivity contribution < 1.29 is 0 Å². The number of hydrogen-bond donors (Lipinski definition) is 1. The number of aromatic nitrogens is 2. The molecule has 0 aliphatic rings. The van der Waals surface area contributed by atoms with Crippen LogP contribution in [-0.2, 0) is 12.0 Å². The first-order valence-corrected chi connectivity index (χ1v) is 6.86. The second-order valence-electron chi connectivity index (χ2n) is 5.60. The van der Waals surface area contributed by atoms with E-state index in [2.05, 4.69) is 37.2 Å². The van der Waals surface area contributed by atoms with Crippen molar-refractivity contribution in [1.29, 1.82) is 0 Å². The molecular weight excluding hydrogens is 258 g/mol. The highest BCUT2D eigenvalue weighted by molar-refractivity contribution is 6.33. The molecule has 4 heteroatoms. The lowest BCUT2D eigenvalue weighted by atomic mass is 10.1. The third kappa shape index (κ3) is 2.47. The van der Waals surface area contributed by atoms with Gasteiger partial charge in [0.25, 0.3) is 0 Å². The minimum absolute atomic E-state index is 0.0953. The predicted octanol–water partition coefficient (Wildman–Crippen LogP) is 4.10. The monoisotopic (exact) mass is 277 g/mol. The molecule has 0 spiro atoms. The minimum atomic E-state index is -0.0953. The van der Waals surface area contributed by atoms with Gasteiger partial charge in [0.05, 0.1) is 5.02 Å². The molecule has 102 valence electrons. The van der Waals surface area contributed by atoms with Crippen LogP contribution >= 0.6 is 11.6 Å². The maximum atomic E-state index is 6.31. The molecule has 0 atom stereocenters. The first-order chi connectivity index (χ1) is 8.86. The molecule has 0 fully saturated rings. The normalized spacial score (nSPS) is 11.8. The molecule has 3 nitrogen and oxygen atoms in total. The van der Waals surface area contributed by atoms with Gasteiger partial charge in [-0.1, -0.05) is 36.7 Å². The number of halogens is 1. The van der Waals surface area contributed by atoms with Crippen LogP contribution in [0.4, 0.5) is 5.82 Å². The van der Waals surface area contributed by atoms with E-state index >= 15 is 0 Å². The fourth-order valence-electron chi connectivity index (χ4n) is 2.32. The van der Waals surface area contributed by atoms with E-state index in [1.165, 1.54) is 0 Å². The quantitative estimate of drug-likeness (QED) is 0.898. The van der Waals surface area contributed by atoms with Crippen LogP contribution in [-0.4, -0.2) is 9.55 Å². The third-order valence-corrected chi connectivity index (χ3v) is 3.43. The Morgan fingerprint density at radius 3 is 2.37 bits per heavy atom. The fraction of sp³-hybridized carbons (Fsp3) is 0.400. The second kappa shape index (κ2) is 4.89. The molecule has 0 saturated heterocycles. The third-order valence-electron chi connectivity index (χ3n) is 3.10. The number of nitrogen functional groups attached to an aromatic ring is 1. The van der Waals surface area contributed by atoms with Gasteiger partial charge in [-0.25, -0.2) is 4.98 Å². The van der Waals surface area contributed by atoms with Gasteiger partial charge in [0.15, 0.2) is 0 Å². The van der Waals surface area contributed by atoms with Gasteiger partial charge < -0.3 is 10.3 Å². The summed E-state index contributed by atoms with van der Waals surface area (Å²) >= 11 is 6.24. The van der Waals surface area contributed by atoms with E-state index in [1.54, 1.807) is 0 Å². The number of nitrogens with zero attached hydrogens (tertiary/aromatic N) is 2. The van der Waals surface area contributed by atoms with Gasteiger partial charge in [-0.05, 0) is 26.8 Å². The summed E-state index contributed by atoms with van der Waals surface area (Å²) in [6.07, 6.45) is 0.839. The highest BCUT2D eigenvalue weighted by Crippen LogP contribution is 2.34. The Kier molecular flexibility index (Phi) is 3.59. The van der Waals surface area contributed by atoms with Crippen molar-refractivity contribution in [3.63, 3.8) is 0 Å². The molecule has 0 bridgehead atoms. The zero-order valence-electron chi connectivity index (χ0n) is 11.9. The van der Waals surface area contributed by atoms with Crippen LogP contribution < -0.4 is 5.73 Å². The molecule has 19 heavy (non-hydrogen) atoms. The SMILES string of the molecule is CCc1nc(-c2ccccc2Cl)c(N)n1C(C)(C)C. The molecular formula is C15H20ClN3. The molecule has 2 N–H and O–H groups in total. The number of rotatable bonds is 2. The minimum Gasteiger partial charge on any atom is -0.383 e. The first kappa shape index (κ1) is 13.9. The van der Waals surface area contributed by atoms with Crippen LogP contribution in [0.15, 0.2) is 24.3 Å². The van der Waals surface area contributed by atoms with Crippen molar-refractivity contribution in [3.8, 4) is 11.3 Å². The van der Waals surface area contributed by atoms with Gasteiger partial charge in [0.2, 0.25) is 0 Å². The number of aryl methyl sites for hydroxylation is 1. The van der Waals surface area contributed by atoms with E-state index in [0.717, 1.165) is 23.5 Å². The van der Waals surface area contributed by atoms with Gasteiger partial charge >= 0.3 is 0 Å². The van der Waals surface area contributed by atoms with Gasteiger partial charge in [-0.2, -0.15) is 0 Å². The molecule has 0 saturated carbocycles. The number of hydrogen-bond acceptors (Lipinski definition) is 2. The Morgan fingerprint density at radius 2 is 1.89 bits per heavy atom. The smallest absolute Gasteiger partial charge is 0.132 e. The van der Waals surface area contributed by atoms with Crippen LogP contribution in [0, 0.1) is 0 Å². The molecule has 1 aromatic heterocycles. The summed E-state index contributed by atoms with van der Waals surface area (Å²) in [5.41, 5.74) is 7.88. The Labute approximate surface area is 119 Å². The van der Waals surface area contributed by atoms with Gasteiger partial charge in [-0.3, -0.25) is 0 Å². The maximum Gasteiger partial charge on any atom is 0.132 e. The summed E-state index contributed by atoms with van der Waals surface area (Å²) in [6.45, 7) is 8.46. The average Bonchev–Trinajstić information content (AvgIpc) is 2.66. The fourth-order valence-corrected chi connectivity index (χ4v) is 2.54. The Morgan fingerprint density at radius 1 is 1.26 bits per heavy atom. The number of benzene rings is 1. The zero-order valence-corrected chi connectivity index (χ0v) is 12.6. The summed E-state index contributed by atoms with van der Waals surface area (Å²) in [4.78, 5) is 4.68. The molecule has 0 unspecified atom stereocenters. The Balaban J connectivity index is 2.68. The lowest BCUT2D eigenvalue weighted by molar-refractivity contribution is 0.389. The Hall–Kier alpha value is -1.48. The average molecular weight is 278 g/mol. The summed E-state index contributed by atoms with van der Waals surface area (Å²) in [5, 5.41) is 0.676. The zero-order chi connectivity index (χ0) is 14.2. The van der Waals surface area contributed by atoms with E-state index in [-0.39, 0.29) is 5.54 Å². The first-order valence-electron chi connectivity index (χ1n) is 6.48. The maximum absolute atomic E-state index is 6.31. The summed E-state index contributed by atoms with van der Waals surface area (Å²) in [7, 11) is 0. The molecule has 2 rings (SSSR count). The van der Waals surface area contributed by atoms with E-state index in [1.807, 2.05) is 24.3 Å². The molecule has 0 aliphatic carbocycles. The molecule has 0 amide bonds. The summed E-state index contributed by atoms with van der Waals surface area (Å²) < 4.78 is 2.09. The van der Waals surface area contributed by atoms with E-state index in [0.29, 0.717) is 10.8 Å². The number of imidazole rings is 1. The lowest BCUT2D eigenvalue weighted by Gasteiger charge is -2.24. The van der Waals surface area contributed by atoms with Crippen molar-refractivity contribution in [2.45, 2.75) is 39.7 Å². The highest BCUT2D eigenvalue weighted by Gasteiger charge is 2.24. The van der Waals surface area contributed by atoms with Crippen molar-refractivity contribution in [2.75, 3.05) is 5.73 Å². The van der Waals surface area contributed by atoms with Crippen LogP contribution in [0.25, 0.3) is 11.3 Å². The van der Waals surface area contributed by atoms with Crippen molar-refractivity contribution in [2.24, 2.45) is 0 Å². The van der Waals surface area contributed by atoms with Crippen molar-refractivity contribution >= 4 is 17.4 Å². The van der Waals surface area contributed by atoms with Crippen LogP contribution in [0.3, 0.4) is 0 Å². The highest BCUT2D eigenvalue weighted by atomic mass is 35.5. The molecule has 1 heterocycles. The van der Waals surface area contributed by atoms with Crippen LogP contribution in [0.2, 0.25) is 5.02 Å². The molecule has 2 aromatic rings. The molecule has 0 radical (unpaired) electrons. The van der Waals surface area contributed by atoms with Gasteiger partial charge in [0, 0.05) is 17.5 Å². The Bertz CT molecular complexity index is 594. The van der Waals surface area contributed by atoms with Crippen molar-refractivity contribution in [3.05, 3.63) is 35.1 Å². The van der Waals surface area contributed by atoms with E-state index < -0.39 is 0 Å². The van der Waals surface area contributed by atoms with Crippen molar-refractivity contribution in [1.82, 2.24) is 9.55 Å². The van der Waals surface area contributed by atoms with Crippen LogP contribution in [0.1, 0.15) is 33.5 Å². The summed E-state index contributed by atoms with van der Waals surface area (Å²) in [6, 6.07) is 7.66. The largest absolute Gasteiger partial charge is 0.383 e. The second-order valence-corrected chi connectivity index (χ2v) is 6.01. The molecule has 0 aliphatic heterocycles. The lowest BCUT2D eigenvalue weighted by Crippen LogP contribution is -2.25. The number of anilines is 1. The van der Waals surface area contributed by atoms with Gasteiger partial charge in [0.1, 0.15) is 17.3 Å². The predicted molar refractivity (Wildman–Crippen MR) is 81.5 cm³/mol. The van der Waals surface area contributed by atoms with Gasteiger partial charge in [-0.15, -0.1) is 0 Å². The van der Waals surface area contributed by atoms with Crippen LogP contribution in [0.5, 0.6) is 0 Å².